The number of alkyl halides is 3. The molecule has 1 rings (SSSR count). The molecule has 1 atom stereocenters. The van der Waals surface area contributed by atoms with Crippen LogP contribution in [0, 0.1) is 0 Å². The Hall–Kier alpha value is -0.780. The van der Waals surface area contributed by atoms with E-state index in [-0.39, 0.29) is 6.04 Å². The molecule has 3 N–H and O–H groups in total. The summed E-state index contributed by atoms with van der Waals surface area (Å²) in [6.45, 7) is 0.671. The van der Waals surface area contributed by atoms with E-state index in [1.54, 1.807) is 0 Å². The number of rotatable bonds is 2. The molecule has 1 unspecified atom stereocenters. The lowest BCUT2D eigenvalue weighted by atomic mass is 10.0. The van der Waals surface area contributed by atoms with Gasteiger partial charge in [-0.2, -0.15) is 13.2 Å². The molecule has 0 spiro atoms. The van der Waals surface area contributed by atoms with Crippen molar-refractivity contribution in [3.63, 3.8) is 0 Å². The lowest BCUT2D eigenvalue weighted by Crippen LogP contribution is -2.61. The van der Waals surface area contributed by atoms with Gasteiger partial charge < -0.3 is 11.1 Å². The SMILES string of the molecule is CC(N)(C(=O)NC1CC1)C(F)(F)F. The Labute approximate surface area is 73.5 Å². The number of amides is 1. The lowest BCUT2D eigenvalue weighted by Gasteiger charge is -2.26. The molecule has 3 nitrogen and oxygen atoms in total. The van der Waals surface area contributed by atoms with Crippen molar-refractivity contribution in [2.24, 2.45) is 5.73 Å². The highest BCUT2D eigenvalue weighted by Gasteiger charge is 2.54. The van der Waals surface area contributed by atoms with Gasteiger partial charge in [-0.1, -0.05) is 0 Å². The largest absolute Gasteiger partial charge is 0.415 e. The molecule has 13 heavy (non-hydrogen) atoms. The first-order chi connectivity index (χ1) is 5.75. The first-order valence-electron chi connectivity index (χ1n) is 3.91. The molecule has 0 aliphatic heterocycles. The predicted molar refractivity (Wildman–Crippen MR) is 39.8 cm³/mol. The van der Waals surface area contributed by atoms with Crippen molar-refractivity contribution in [2.75, 3.05) is 0 Å². The molecule has 6 heteroatoms. The second kappa shape index (κ2) is 2.87. The van der Waals surface area contributed by atoms with Crippen LogP contribution in [0.25, 0.3) is 0 Å². The second-order valence-corrected chi connectivity index (χ2v) is 3.45. The van der Waals surface area contributed by atoms with Crippen LogP contribution in [-0.4, -0.2) is 23.7 Å². The summed E-state index contributed by atoms with van der Waals surface area (Å²) in [5.41, 5.74) is 2.09. The van der Waals surface area contributed by atoms with E-state index in [0.29, 0.717) is 6.92 Å². The molecule has 1 fully saturated rings. The van der Waals surface area contributed by atoms with Crippen LogP contribution < -0.4 is 11.1 Å². The van der Waals surface area contributed by atoms with Crippen molar-refractivity contribution in [3.8, 4) is 0 Å². The summed E-state index contributed by atoms with van der Waals surface area (Å²) >= 11 is 0. The highest BCUT2D eigenvalue weighted by molar-refractivity contribution is 5.87. The zero-order chi connectivity index (χ0) is 10.3. The minimum absolute atomic E-state index is 0.113. The van der Waals surface area contributed by atoms with Gasteiger partial charge in [0.1, 0.15) is 0 Å². The van der Waals surface area contributed by atoms with Crippen LogP contribution in [0.2, 0.25) is 0 Å². The number of hydrogen-bond donors (Lipinski definition) is 2. The average Bonchev–Trinajstić information content (AvgIpc) is 2.68. The van der Waals surface area contributed by atoms with Crippen LogP contribution in [0.4, 0.5) is 13.2 Å². The molecular weight excluding hydrogens is 185 g/mol. The summed E-state index contributed by atoms with van der Waals surface area (Å²) in [6, 6.07) is -0.113. The topological polar surface area (TPSA) is 55.1 Å². The molecule has 1 saturated carbocycles. The fourth-order valence-corrected chi connectivity index (χ4v) is 0.692. The van der Waals surface area contributed by atoms with Crippen LogP contribution >= 0.6 is 0 Å². The maximum Gasteiger partial charge on any atom is 0.415 e. The van der Waals surface area contributed by atoms with Gasteiger partial charge >= 0.3 is 6.18 Å². The maximum absolute atomic E-state index is 12.2. The highest BCUT2D eigenvalue weighted by Crippen LogP contribution is 2.29. The van der Waals surface area contributed by atoms with Gasteiger partial charge in [-0.25, -0.2) is 0 Å². The van der Waals surface area contributed by atoms with Crippen molar-refractivity contribution in [2.45, 2.75) is 37.5 Å². The van der Waals surface area contributed by atoms with Gasteiger partial charge in [0.25, 0.3) is 0 Å². The summed E-state index contributed by atoms with van der Waals surface area (Å²) in [7, 11) is 0. The molecule has 0 heterocycles. The third-order valence-corrected chi connectivity index (χ3v) is 1.97. The summed E-state index contributed by atoms with van der Waals surface area (Å²) in [4.78, 5) is 11.0. The van der Waals surface area contributed by atoms with Gasteiger partial charge in [-0.3, -0.25) is 4.79 Å². The van der Waals surface area contributed by atoms with Crippen LogP contribution in [0.1, 0.15) is 19.8 Å². The standard InChI is InChI=1S/C7H11F3N2O/c1-6(11,7(8,9)10)5(13)12-4-2-3-4/h4H,2-3,11H2,1H3,(H,12,13). The summed E-state index contributed by atoms with van der Waals surface area (Å²) in [5, 5.41) is 2.22. The third kappa shape index (κ3) is 2.12. The van der Waals surface area contributed by atoms with Gasteiger partial charge in [0, 0.05) is 6.04 Å². The minimum atomic E-state index is -4.70. The van der Waals surface area contributed by atoms with Gasteiger partial charge in [-0.05, 0) is 19.8 Å². The smallest absolute Gasteiger partial charge is 0.351 e. The van der Waals surface area contributed by atoms with Gasteiger partial charge in [0.2, 0.25) is 5.91 Å². The predicted octanol–water partition coefficient (Wildman–Crippen LogP) is 0.545. The molecule has 0 radical (unpaired) electrons. The quantitative estimate of drug-likeness (QED) is 0.677. The maximum atomic E-state index is 12.2. The van der Waals surface area contributed by atoms with Crippen molar-refractivity contribution in [3.05, 3.63) is 0 Å². The van der Waals surface area contributed by atoms with E-state index in [4.69, 9.17) is 5.73 Å². The minimum Gasteiger partial charge on any atom is -0.351 e. The first kappa shape index (κ1) is 10.3. The van der Waals surface area contributed by atoms with Crippen molar-refractivity contribution in [1.82, 2.24) is 5.32 Å². The number of carbonyl (C=O) groups excluding carboxylic acids is 1. The van der Waals surface area contributed by atoms with Crippen molar-refractivity contribution < 1.29 is 18.0 Å². The van der Waals surface area contributed by atoms with Crippen LogP contribution in [-0.2, 0) is 4.79 Å². The fraction of sp³-hybridized carbons (Fsp3) is 0.857. The van der Waals surface area contributed by atoms with Crippen molar-refractivity contribution in [1.29, 1.82) is 0 Å². The molecule has 0 bridgehead atoms. The van der Waals surface area contributed by atoms with E-state index in [9.17, 15) is 18.0 Å². The van der Waals surface area contributed by atoms with Gasteiger partial charge in [0.05, 0.1) is 0 Å². The molecule has 0 aromatic carbocycles. The van der Waals surface area contributed by atoms with E-state index in [0.717, 1.165) is 12.8 Å². The van der Waals surface area contributed by atoms with Gasteiger partial charge in [0.15, 0.2) is 5.54 Å². The Balaban J connectivity index is 2.61. The Kier molecular flexibility index (Phi) is 2.27. The molecule has 1 aliphatic rings. The zero-order valence-corrected chi connectivity index (χ0v) is 7.11. The fourth-order valence-electron chi connectivity index (χ4n) is 0.692. The Morgan fingerprint density at radius 3 is 2.23 bits per heavy atom. The Morgan fingerprint density at radius 2 is 1.92 bits per heavy atom. The number of halogens is 3. The summed E-state index contributed by atoms with van der Waals surface area (Å²) in [5.74, 6) is -1.15. The van der Waals surface area contributed by atoms with E-state index in [1.165, 1.54) is 0 Å². The Bertz CT molecular complexity index is 220. The molecule has 76 valence electrons. The Morgan fingerprint density at radius 1 is 1.46 bits per heavy atom. The number of hydrogen-bond acceptors (Lipinski definition) is 2. The second-order valence-electron chi connectivity index (χ2n) is 3.45. The molecule has 1 aliphatic carbocycles. The summed E-state index contributed by atoms with van der Waals surface area (Å²) < 4.78 is 36.5. The summed E-state index contributed by atoms with van der Waals surface area (Å²) in [6.07, 6.45) is -3.23. The normalized spacial score (nSPS) is 22.2. The molecule has 0 saturated heterocycles. The number of nitrogens with two attached hydrogens (primary N) is 1. The monoisotopic (exact) mass is 196 g/mol. The van der Waals surface area contributed by atoms with Crippen LogP contribution in [0.5, 0.6) is 0 Å². The van der Waals surface area contributed by atoms with Gasteiger partial charge in [-0.15, -0.1) is 0 Å². The van der Waals surface area contributed by atoms with E-state index in [1.807, 2.05) is 0 Å². The van der Waals surface area contributed by atoms with Crippen LogP contribution in [0.3, 0.4) is 0 Å². The van der Waals surface area contributed by atoms with Crippen LogP contribution in [0.15, 0.2) is 0 Å². The number of nitrogens with one attached hydrogen (secondary N) is 1. The zero-order valence-electron chi connectivity index (χ0n) is 7.11. The lowest BCUT2D eigenvalue weighted by molar-refractivity contribution is -0.187. The highest BCUT2D eigenvalue weighted by atomic mass is 19.4. The van der Waals surface area contributed by atoms with E-state index < -0.39 is 17.6 Å². The number of carbonyl (C=O) groups is 1. The molecule has 0 aromatic rings. The van der Waals surface area contributed by atoms with E-state index >= 15 is 0 Å². The van der Waals surface area contributed by atoms with E-state index in [2.05, 4.69) is 5.32 Å². The first-order valence-corrected chi connectivity index (χ1v) is 3.91. The molecular formula is C7H11F3N2O. The third-order valence-electron chi connectivity index (χ3n) is 1.97. The average molecular weight is 196 g/mol. The van der Waals surface area contributed by atoms with Crippen molar-refractivity contribution >= 4 is 5.91 Å². The molecule has 1 amide bonds. The molecule has 0 aromatic heterocycles.